The molecule has 1 atom stereocenters. The molecule has 1 amide bonds. The Bertz CT molecular complexity index is 706. The van der Waals surface area contributed by atoms with Crippen molar-refractivity contribution in [3.8, 4) is 5.75 Å². The zero-order valence-corrected chi connectivity index (χ0v) is 15.0. The summed E-state index contributed by atoms with van der Waals surface area (Å²) in [5.41, 5.74) is 1.97. The number of rotatable bonds is 8. The standard InChI is InChI=1S/C20H25FN2O2/c1-15-6-4-9-19(12-15)25-11-10-22-20(24)16(2)23(3)14-17-7-5-8-18(21)13-17/h4-9,12-13,16H,10-11,14H2,1-3H3,(H,22,24). The summed E-state index contributed by atoms with van der Waals surface area (Å²) in [6.45, 7) is 5.19. The number of likely N-dealkylation sites (N-methyl/N-ethyl adjacent to an activating group) is 1. The second kappa shape index (κ2) is 9.18. The summed E-state index contributed by atoms with van der Waals surface area (Å²) in [4.78, 5) is 14.1. The van der Waals surface area contributed by atoms with Crippen molar-refractivity contribution in [2.45, 2.75) is 26.4 Å². The van der Waals surface area contributed by atoms with Crippen LogP contribution in [0.3, 0.4) is 0 Å². The number of carbonyl (C=O) groups excluding carboxylic acids is 1. The van der Waals surface area contributed by atoms with Crippen LogP contribution in [0.2, 0.25) is 0 Å². The summed E-state index contributed by atoms with van der Waals surface area (Å²) >= 11 is 0. The van der Waals surface area contributed by atoms with E-state index in [1.54, 1.807) is 6.07 Å². The van der Waals surface area contributed by atoms with Gasteiger partial charge in [-0.3, -0.25) is 9.69 Å². The zero-order valence-electron chi connectivity index (χ0n) is 15.0. The van der Waals surface area contributed by atoms with Crippen molar-refractivity contribution in [2.75, 3.05) is 20.2 Å². The number of benzene rings is 2. The van der Waals surface area contributed by atoms with Crippen molar-refractivity contribution in [1.29, 1.82) is 0 Å². The molecule has 0 aliphatic heterocycles. The number of aryl methyl sites for hydroxylation is 1. The number of halogens is 1. The summed E-state index contributed by atoms with van der Waals surface area (Å²) in [5, 5.41) is 2.87. The van der Waals surface area contributed by atoms with Crippen LogP contribution in [0.25, 0.3) is 0 Å². The van der Waals surface area contributed by atoms with Crippen LogP contribution in [-0.2, 0) is 11.3 Å². The number of amides is 1. The van der Waals surface area contributed by atoms with Crippen molar-refractivity contribution < 1.29 is 13.9 Å². The van der Waals surface area contributed by atoms with Gasteiger partial charge in [0.2, 0.25) is 5.91 Å². The SMILES string of the molecule is Cc1cccc(OCCNC(=O)C(C)N(C)Cc2cccc(F)c2)c1. The molecule has 2 rings (SSSR count). The van der Waals surface area contributed by atoms with Gasteiger partial charge in [0.25, 0.3) is 0 Å². The van der Waals surface area contributed by atoms with Gasteiger partial charge < -0.3 is 10.1 Å². The van der Waals surface area contributed by atoms with Gasteiger partial charge in [-0.1, -0.05) is 24.3 Å². The molecule has 0 aliphatic rings. The molecule has 0 saturated heterocycles. The minimum absolute atomic E-state index is 0.0771. The molecule has 25 heavy (non-hydrogen) atoms. The number of carbonyl (C=O) groups is 1. The number of ether oxygens (including phenoxy) is 1. The van der Waals surface area contributed by atoms with Crippen molar-refractivity contribution in [2.24, 2.45) is 0 Å². The normalized spacial score (nSPS) is 12.0. The molecule has 1 unspecified atom stereocenters. The highest BCUT2D eigenvalue weighted by Crippen LogP contribution is 2.12. The van der Waals surface area contributed by atoms with Crippen molar-refractivity contribution >= 4 is 5.91 Å². The van der Waals surface area contributed by atoms with Gasteiger partial charge >= 0.3 is 0 Å². The Hall–Kier alpha value is -2.40. The molecule has 0 spiro atoms. The van der Waals surface area contributed by atoms with Gasteiger partial charge in [-0.15, -0.1) is 0 Å². The number of hydrogen-bond acceptors (Lipinski definition) is 3. The molecular weight excluding hydrogens is 319 g/mol. The van der Waals surface area contributed by atoms with E-state index < -0.39 is 0 Å². The Labute approximate surface area is 148 Å². The average Bonchev–Trinajstić information content (AvgIpc) is 2.58. The lowest BCUT2D eigenvalue weighted by atomic mass is 10.2. The molecule has 2 aromatic rings. The Kier molecular flexibility index (Phi) is 6.95. The molecule has 5 heteroatoms. The molecule has 0 aromatic heterocycles. The van der Waals surface area contributed by atoms with Gasteiger partial charge in [-0.25, -0.2) is 4.39 Å². The maximum Gasteiger partial charge on any atom is 0.237 e. The van der Waals surface area contributed by atoms with Crippen molar-refractivity contribution in [1.82, 2.24) is 10.2 Å². The number of nitrogens with one attached hydrogen (secondary N) is 1. The zero-order chi connectivity index (χ0) is 18.2. The Balaban J connectivity index is 1.73. The highest BCUT2D eigenvalue weighted by atomic mass is 19.1. The lowest BCUT2D eigenvalue weighted by molar-refractivity contribution is -0.125. The van der Waals surface area contributed by atoms with Gasteiger partial charge in [-0.2, -0.15) is 0 Å². The third-order valence-electron chi connectivity index (χ3n) is 4.02. The van der Waals surface area contributed by atoms with E-state index in [0.29, 0.717) is 19.7 Å². The van der Waals surface area contributed by atoms with Gasteiger partial charge in [-0.05, 0) is 56.3 Å². The number of hydrogen-bond donors (Lipinski definition) is 1. The first-order chi connectivity index (χ1) is 12.0. The summed E-state index contributed by atoms with van der Waals surface area (Å²) < 4.78 is 18.9. The Morgan fingerprint density at radius 3 is 2.72 bits per heavy atom. The smallest absolute Gasteiger partial charge is 0.237 e. The van der Waals surface area contributed by atoms with Crippen LogP contribution < -0.4 is 10.1 Å². The fourth-order valence-electron chi connectivity index (χ4n) is 2.46. The van der Waals surface area contributed by atoms with Gasteiger partial charge in [0.1, 0.15) is 18.2 Å². The van der Waals surface area contributed by atoms with Crippen LogP contribution in [-0.4, -0.2) is 37.0 Å². The molecule has 4 nitrogen and oxygen atoms in total. The molecule has 0 heterocycles. The summed E-state index contributed by atoms with van der Waals surface area (Å²) in [7, 11) is 1.85. The predicted octanol–water partition coefficient (Wildman–Crippen LogP) is 3.15. The highest BCUT2D eigenvalue weighted by Gasteiger charge is 2.17. The highest BCUT2D eigenvalue weighted by molar-refractivity contribution is 5.81. The minimum Gasteiger partial charge on any atom is -0.492 e. The van der Waals surface area contributed by atoms with Crippen molar-refractivity contribution in [3.05, 3.63) is 65.5 Å². The molecule has 0 aliphatic carbocycles. The first kappa shape index (κ1) is 18.9. The molecule has 0 bridgehead atoms. The molecule has 0 radical (unpaired) electrons. The monoisotopic (exact) mass is 344 g/mol. The van der Waals surface area contributed by atoms with Crippen LogP contribution in [0.4, 0.5) is 4.39 Å². The van der Waals surface area contributed by atoms with Gasteiger partial charge in [0, 0.05) is 6.54 Å². The average molecular weight is 344 g/mol. The lowest BCUT2D eigenvalue weighted by Crippen LogP contribution is -2.44. The van der Waals surface area contributed by atoms with Gasteiger partial charge in [0.15, 0.2) is 0 Å². The Morgan fingerprint density at radius 1 is 1.24 bits per heavy atom. The summed E-state index contributed by atoms with van der Waals surface area (Å²) in [5.74, 6) is 0.452. The molecule has 0 fully saturated rings. The van der Waals surface area contributed by atoms with E-state index in [1.807, 2.05) is 56.1 Å². The second-order valence-electron chi connectivity index (χ2n) is 6.18. The molecular formula is C20H25FN2O2. The van der Waals surface area contributed by atoms with E-state index in [0.717, 1.165) is 16.9 Å². The van der Waals surface area contributed by atoms with E-state index >= 15 is 0 Å². The van der Waals surface area contributed by atoms with E-state index in [1.165, 1.54) is 12.1 Å². The fourth-order valence-corrected chi connectivity index (χ4v) is 2.46. The summed E-state index contributed by atoms with van der Waals surface area (Å²) in [6, 6.07) is 13.9. The third-order valence-corrected chi connectivity index (χ3v) is 4.02. The fraction of sp³-hybridized carbons (Fsp3) is 0.350. The van der Waals surface area contributed by atoms with E-state index in [4.69, 9.17) is 4.74 Å². The quantitative estimate of drug-likeness (QED) is 0.748. The van der Waals surface area contributed by atoms with E-state index in [2.05, 4.69) is 5.32 Å². The maximum atomic E-state index is 13.2. The molecule has 134 valence electrons. The third kappa shape index (κ3) is 6.19. The predicted molar refractivity (Wildman–Crippen MR) is 97.0 cm³/mol. The van der Waals surface area contributed by atoms with Crippen LogP contribution >= 0.6 is 0 Å². The van der Waals surface area contributed by atoms with Crippen molar-refractivity contribution in [3.63, 3.8) is 0 Å². The number of nitrogens with zero attached hydrogens (tertiary/aromatic N) is 1. The van der Waals surface area contributed by atoms with Gasteiger partial charge in [0.05, 0.1) is 12.6 Å². The van der Waals surface area contributed by atoms with Crippen LogP contribution in [0.1, 0.15) is 18.1 Å². The lowest BCUT2D eigenvalue weighted by Gasteiger charge is -2.24. The first-order valence-corrected chi connectivity index (χ1v) is 8.37. The molecule has 1 N–H and O–H groups in total. The van der Waals surface area contributed by atoms with Crippen LogP contribution in [0.5, 0.6) is 5.75 Å². The largest absolute Gasteiger partial charge is 0.492 e. The van der Waals surface area contributed by atoms with Crippen LogP contribution in [0, 0.1) is 12.7 Å². The maximum absolute atomic E-state index is 13.2. The van der Waals surface area contributed by atoms with E-state index in [-0.39, 0.29) is 17.8 Å². The first-order valence-electron chi connectivity index (χ1n) is 8.37. The topological polar surface area (TPSA) is 41.6 Å². The Morgan fingerprint density at radius 2 is 2.00 bits per heavy atom. The summed E-state index contributed by atoms with van der Waals surface area (Å²) in [6.07, 6.45) is 0. The second-order valence-corrected chi connectivity index (χ2v) is 6.18. The molecule has 2 aromatic carbocycles. The van der Waals surface area contributed by atoms with E-state index in [9.17, 15) is 9.18 Å². The minimum atomic E-state index is -0.317. The molecule has 0 saturated carbocycles. The van der Waals surface area contributed by atoms with Crippen LogP contribution in [0.15, 0.2) is 48.5 Å².